The Kier molecular flexibility index (Phi) is 13.3. The Morgan fingerprint density at radius 2 is 0.792 bits per heavy atom. The smallest absolute Gasteiger partial charge is 0.157 e. The summed E-state index contributed by atoms with van der Waals surface area (Å²) >= 11 is 0. The summed E-state index contributed by atoms with van der Waals surface area (Å²) in [5.41, 5.74) is -0.762. The Morgan fingerprint density at radius 3 is 1.06 bits per heavy atom. The number of phenolic OH excluding ortho intramolecular Hbond substituents is 2. The van der Waals surface area contributed by atoms with Crippen molar-refractivity contribution >= 4 is 0 Å². The van der Waals surface area contributed by atoms with Gasteiger partial charge in [-0.1, -0.05) is 66.7 Å². The Balaban J connectivity index is 0.000000360. The average Bonchev–Trinajstić information content (AvgIpc) is 2.93. The van der Waals surface area contributed by atoms with E-state index < -0.39 is 16.8 Å². The highest BCUT2D eigenvalue weighted by atomic mass is 16.3. The normalized spacial score (nSPS) is 16.6. The van der Waals surface area contributed by atoms with Gasteiger partial charge in [0.15, 0.2) is 11.5 Å². The highest BCUT2D eigenvalue weighted by Crippen LogP contribution is 2.39. The van der Waals surface area contributed by atoms with E-state index in [2.05, 4.69) is 70.0 Å². The van der Waals surface area contributed by atoms with Gasteiger partial charge in [-0.15, -0.1) is 0 Å². The fourth-order valence-corrected chi connectivity index (χ4v) is 5.41. The number of benzene rings is 3. The predicted molar refractivity (Wildman–Crippen MR) is 198 cm³/mol. The molecule has 0 amide bonds. The van der Waals surface area contributed by atoms with Crippen LogP contribution in [0.5, 0.6) is 11.5 Å². The molecule has 0 fully saturated rings. The summed E-state index contributed by atoms with van der Waals surface area (Å²) in [4.78, 5) is 0. The second-order valence-corrected chi connectivity index (χ2v) is 17.4. The molecule has 8 heteroatoms. The number of aliphatic hydroxyl groups is 3. The van der Waals surface area contributed by atoms with Crippen molar-refractivity contribution < 1.29 is 39.0 Å². The summed E-state index contributed by atoms with van der Waals surface area (Å²) in [5, 5.41) is 50.6. The van der Waals surface area contributed by atoms with Crippen LogP contribution in [-0.2, 0) is 16.8 Å². The maximum atomic E-state index is 10.8. The first-order valence-corrected chi connectivity index (χ1v) is 16.6. The van der Waals surface area contributed by atoms with Crippen LogP contribution in [0.1, 0.15) is 65.2 Å². The third-order valence-electron chi connectivity index (χ3n) is 10.8. The van der Waals surface area contributed by atoms with Crippen molar-refractivity contribution in [2.45, 2.75) is 76.3 Å². The van der Waals surface area contributed by atoms with Crippen molar-refractivity contribution in [3.63, 3.8) is 0 Å². The van der Waals surface area contributed by atoms with Crippen LogP contribution in [0.25, 0.3) is 0 Å². The van der Waals surface area contributed by atoms with Crippen LogP contribution in [0.2, 0.25) is 0 Å². The molecule has 0 heterocycles. The molecule has 48 heavy (non-hydrogen) atoms. The number of likely N-dealkylation sites (N-methyl/N-ethyl adjacent to an activating group) is 3. The Morgan fingerprint density at radius 1 is 0.458 bits per heavy atom. The molecule has 3 aromatic carbocycles. The van der Waals surface area contributed by atoms with Crippen LogP contribution in [0.4, 0.5) is 0 Å². The molecule has 3 aromatic rings. The van der Waals surface area contributed by atoms with Crippen LogP contribution >= 0.6 is 0 Å². The van der Waals surface area contributed by atoms with Gasteiger partial charge < -0.3 is 39.0 Å². The molecule has 0 aliphatic heterocycles. The van der Waals surface area contributed by atoms with Gasteiger partial charge in [-0.2, -0.15) is 0 Å². The molecule has 0 aliphatic rings. The Labute approximate surface area is 291 Å². The van der Waals surface area contributed by atoms with Crippen LogP contribution in [0.3, 0.4) is 0 Å². The topological polar surface area (TPSA) is 101 Å². The molecule has 0 spiro atoms. The number of rotatable bonds is 9. The molecule has 0 saturated heterocycles. The second kappa shape index (κ2) is 14.9. The summed E-state index contributed by atoms with van der Waals surface area (Å²) in [7, 11) is 18.6. The zero-order valence-electron chi connectivity index (χ0n) is 32.8. The second-order valence-electron chi connectivity index (χ2n) is 17.4. The Bertz CT molecular complexity index is 1350. The van der Waals surface area contributed by atoms with E-state index in [4.69, 9.17) is 0 Å². The fourth-order valence-electron chi connectivity index (χ4n) is 5.41. The minimum Gasteiger partial charge on any atom is -0.504 e. The molecule has 3 atom stereocenters. The van der Waals surface area contributed by atoms with E-state index in [0.29, 0.717) is 25.6 Å². The molecular formula is C40H68N3O5+3. The number of hydrogen-bond donors (Lipinski definition) is 5. The van der Waals surface area contributed by atoms with Gasteiger partial charge in [0.25, 0.3) is 0 Å². The molecule has 270 valence electrons. The lowest BCUT2D eigenvalue weighted by Crippen LogP contribution is -2.63. The fraction of sp³-hybridized carbons (Fsp3) is 0.550. The molecule has 0 aromatic heterocycles. The molecule has 0 bridgehead atoms. The van der Waals surface area contributed by atoms with Crippen molar-refractivity contribution in [1.82, 2.24) is 0 Å². The highest BCUT2D eigenvalue weighted by Gasteiger charge is 2.51. The highest BCUT2D eigenvalue weighted by molar-refractivity contribution is 5.42. The minimum atomic E-state index is -1.04. The van der Waals surface area contributed by atoms with E-state index in [1.165, 1.54) is 12.1 Å². The molecule has 0 aliphatic carbocycles. The van der Waals surface area contributed by atoms with Gasteiger partial charge in [-0.25, -0.2) is 0 Å². The first-order chi connectivity index (χ1) is 21.3. The summed E-state index contributed by atoms with van der Waals surface area (Å²) in [6.45, 7) is 14.4. The lowest BCUT2D eigenvalue weighted by molar-refractivity contribution is -0.929. The molecule has 5 N–H and O–H groups in total. The molecular weight excluding hydrogens is 602 g/mol. The van der Waals surface area contributed by atoms with Gasteiger partial charge in [0.2, 0.25) is 0 Å². The number of quaternary nitrogens is 3. The predicted octanol–water partition coefficient (Wildman–Crippen LogP) is 5.77. The van der Waals surface area contributed by atoms with E-state index in [1.54, 1.807) is 13.0 Å². The Hall–Kier alpha value is -2.98. The summed E-state index contributed by atoms with van der Waals surface area (Å²) in [6, 6.07) is 24.1. The maximum absolute atomic E-state index is 10.8. The van der Waals surface area contributed by atoms with Gasteiger partial charge in [-0.05, 0) is 77.3 Å². The van der Waals surface area contributed by atoms with Gasteiger partial charge >= 0.3 is 0 Å². The van der Waals surface area contributed by atoms with Crippen LogP contribution in [0.15, 0.2) is 78.9 Å². The molecule has 3 unspecified atom stereocenters. The summed E-state index contributed by atoms with van der Waals surface area (Å²) < 4.78 is 2.01. The minimum absolute atomic E-state index is 0.176. The van der Waals surface area contributed by atoms with E-state index in [9.17, 15) is 25.5 Å². The third kappa shape index (κ3) is 10.3. The van der Waals surface area contributed by atoms with Crippen LogP contribution < -0.4 is 0 Å². The first-order valence-electron chi connectivity index (χ1n) is 16.6. The van der Waals surface area contributed by atoms with Crippen molar-refractivity contribution in [3.8, 4) is 11.5 Å². The number of hydrogen-bond acceptors (Lipinski definition) is 5. The van der Waals surface area contributed by atoms with E-state index >= 15 is 0 Å². The van der Waals surface area contributed by atoms with Gasteiger partial charge in [0.1, 0.15) is 34.4 Å². The monoisotopic (exact) mass is 671 g/mol. The first kappa shape index (κ1) is 43.0. The SMILES string of the molecule is CC(O)(C[N+](C)(C)C)c1ccc(O)c(O)c1.CC(O)(c1ccccc1)C(C)(C)[N+](C)(C)C.CC(O)(c1ccccc1)C(C)(C)[N+](C)(C)C. The molecule has 0 radical (unpaired) electrons. The quantitative estimate of drug-likeness (QED) is 0.147. The van der Waals surface area contributed by atoms with E-state index in [0.717, 1.165) is 11.1 Å². The van der Waals surface area contributed by atoms with Crippen molar-refractivity contribution in [3.05, 3.63) is 95.6 Å². The van der Waals surface area contributed by atoms with E-state index in [1.807, 2.05) is 95.7 Å². The van der Waals surface area contributed by atoms with Crippen LogP contribution in [0, 0.1) is 0 Å². The lowest BCUT2D eigenvalue weighted by Gasteiger charge is -2.49. The van der Waals surface area contributed by atoms with Crippen LogP contribution in [-0.4, -0.2) is 120 Å². The number of phenols is 2. The molecule has 8 nitrogen and oxygen atoms in total. The third-order valence-corrected chi connectivity index (χ3v) is 10.8. The average molecular weight is 671 g/mol. The lowest BCUT2D eigenvalue weighted by atomic mass is 9.76. The largest absolute Gasteiger partial charge is 0.504 e. The molecule has 0 saturated carbocycles. The number of nitrogens with zero attached hydrogens (tertiary/aromatic N) is 3. The standard InChI is InChI=1S/2C14H24NO.C12H19NO3/c2*1-13(2,15(4,5)6)14(3,16)12-10-8-7-9-11-12;1-12(16,8-13(2,3)4)9-5-6-10(14)11(15)7-9/h2*7-11,16H,1-6H3;5-7,16H,8H2,1-4H3,(H-,14,15)/q2*+1;/p+1. The van der Waals surface area contributed by atoms with Crippen molar-refractivity contribution in [1.29, 1.82) is 0 Å². The van der Waals surface area contributed by atoms with Crippen molar-refractivity contribution in [2.75, 3.05) is 70.0 Å². The zero-order chi connectivity index (χ0) is 37.8. The van der Waals surface area contributed by atoms with Crippen molar-refractivity contribution in [2.24, 2.45) is 0 Å². The van der Waals surface area contributed by atoms with Gasteiger partial charge in [-0.3, -0.25) is 0 Å². The van der Waals surface area contributed by atoms with Gasteiger partial charge in [0, 0.05) is 0 Å². The summed E-state index contributed by atoms with van der Waals surface area (Å²) in [6.07, 6.45) is 0. The molecule has 3 rings (SSSR count). The zero-order valence-corrected chi connectivity index (χ0v) is 32.8. The maximum Gasteiger partial charge on any atom is 0.157 e. The van der Waals surface area contributed by atoms with Gasteiger partial charge in [0.05, 0.1) is 63.4 Å². The number of aromatic hydroxyl groups is 2. The van der Waals surface area contributed by atoms with E-state index in [-0.39, 0.29) is 22.6 Å². The summed E-state index contributed by atoms with van der Waals surface area (Å²) in [5.74, 6) is -0.385.